The zero-order chi connectivity index (χ0) is 19.4. The van der Waals surface area contributed by atoms with Crippen molar-refractivity contribution in [2.24, 2.45) is 0 Å². The van der Waals surface area contributed by atoms with Crippen molar-refractivity contribution in [2.75, 3.05) is 33.4 Å². The summed E-state index contributed by atoms with van der Waals surface area (Å²) in [6, 6.07) is 6.61. The fourth-order valence-electron chi connectivity index (χ4n) is 2.60. The van der Waals surface area contributed by atoms with Crippen LogP contribution in [0.15, 0.2) is 39.8 Å². The number of sulfonamides is 1. The molecule has 1 aliphatic rings. The highest BCUT2D eigenvalue weighted by Gasteiger charge is 2.28. The molecule has 3 rings (SSSR count). The number of esters is 1. The number of hydrogen-bond acceptors (Lipinski definition) is 6. The third-order valence-corrected chi connectivity index (χ3v) is 6.57. The van der Waals surface area contributed by atoms with Crippen molar-refractivity contribution in [3.63, 3.8) is 0 Å². The maximum absolute atomic E-state index is 12.6. The standard InChI is InChI=1S/C17H19BrN2O6S/c1-24-16-3-2-12(8-14(16)18)11-26-17(21)15-9-13(10-19-15)27(22,23)20-4-6-25-7-5-20/h2-3,8-10,19H,4-7,11H2,1H3. The van der Waals surface area contributed by atoms with Gasteiger partial charge in [0.25, 0.3) is 0 Å². The van der Waals surface area contributed by atoms with E-state index in [0.717, 1.165) is 10.0 Å². The van der Waals surface area contributed by atoms with E-state index in [0.29, 0.717) is 32.1 Å². The van der Waals surface area contributed by atoms with Crippen LogP contribution < -0.4 is 4.74 Å². The molecule has 1 N–H and O–H groups in total. The maximum atomic E-state index is 12.6. The summed E-state index contributed by atoms with van der Waals surface area (Å²) in [6.07, 6.45) is 1.30. The van der Waals surface area contributed by atoms with Crippen LogP contribution in [0.4, 0.5) is 0 Å². The first kappa shape index (κ1) is 19.9. The predicted molar refractivity (Wildman–Crippen MR) is 100 cm³/mol. The number of nitrogens with zero attached hydrogens (tertiary/aromatic N) is 1. The number of carbonyl (C=O) groups excluding carboxylic acids is 1. The number of hydrogen-bond donors (Lipinski definition) is 1. The zero-order valence-electron chi connectivity index (χ0n) is 14.6. The molecule has 0 aliphatic carbocycles. The average Bonchev–Trinajstić information content (AvgIpc) is 3.18. The second kappa shape index (κ2) is 8.42. The summed E-state index contributed by atoms with van der Waals surface area (Å²) in [5, 5.41) is 0. The lowest BCUT2D eigenvalue weighted by molar-refractivity contribution is 0.0466. The molecule has 8 nitrogen and oxygen atoms in total. The molecule has 1 saturated heterocycles. The molecule has 0 saturated carbocycles. The number of ether oxygens (including phenoxy) is 3. The number of halogens is 1. The fraction of sp³-hybridized carbons (Fsp3) is 0.353. The van der Waals surface area contributed by atoms with Gasteiger partial charge >= 0.3 is 5.97 Å². The molecule has 10 heteroatoms. The first-order valence-corrected chi connectivity index (χ1v) is 10.4. The summed E-state index contributed by atoms with van der Waals surface area (Å²) in [5.74, 6) is 0.0396. The van der Waals surface area contributed by atoms with Gasteiger partial charge in [0, 0.05) is 19.3 Å². The van der Waals surface area contributed by atoms with E-state index >= 15 is 0 Å². The fourth-order valence-corrected chi connectivity index (χ4v) is 4.59. The Balaban J connectivity index is 1.65. The lowest BCUT2D eigenvalue weighted by Crippen LogP contribution is -2.40. The third-order valence-electron chi connectivity index (χ3n) is 4.07. The molecule has 1 fully saturated rings. The van der Waals surface area contributed by atoms with Crippen LogP contribution in [0, 0.1) is 0 Å². The lowest BCUT2D eigenvalue weighted by atomic mass is 10.2. The van der Waals surface area contributed by atoms with Gasteiger partial charge in [-0.25, -0.2) is 13.2 Å². The van der Waals surface area contributed by atoms with Gasteiger partial charge in [-0.05, 0) is 39.7 Å². The Hall–Kier alpha value is -1.88. The van der Waals surface area contributed by atoms with Crippen LogP contribution in [0.5, 0.6) is 5.75 Å². The summed E-state index contributed by atoms with van der Waals surface area (Å²) < 4.78 is 42.8. The number of rotatable bonds is 6. The highest BCUT2D eigenvalue weighted by molar-refractivity contribution is 9.10. The van der Waals surface area contributed by atoms with Crippen molar-refractivity contribution in [1.82, 2.24) is 9.29 Å². The molecular formula is C17H19BrN2O6S. The Labute approximate surface area is 165 Å². The van der Waals surface area contributed by atoms with Gasteiger partial charge in [0.15, 0.2) is 0 Å². The van der Waals surface area contributed by atoms with Gasteiger partial charge in [0.05, 0.1) is 24.8 Å². The molecule has 0 atom stereocenters. The van der Waals surface area contributed by atoms with E-state index < -0.39 is 16.0 Å². The van der Waals surface area contributed by atoms with E-state index in [4.69, 9.17) is 14.2 Å². The first-order valence-electron chi connectivity index (χ1n) is 8.17. The van der Waals surface area contributed by atoms with Gasteiger partial charge in [-0.3, -0.25) is 0 Å². The van der Waals surface area contributed by atoms with Crippen LogP contribution in [-0.2, 0) is 26.1 Å². The molecule has 2 aromatic rings. The highest BCUT2D eigenvalue weighted by Crippen LogP contribution is 2.26. The first-order chi connectivity index (χ1) is 12.9. The topological polar surface area (TPSA) is 97.9 Å². The van der Waals surface area contributed by atoms with Crippen molar-refractivity contribution in [3.8, 4) is 5.75 Å². The van der Waals surface area contributed by atoms with Crippen molar-refractivity contribution < 1.29 is 27.4 Å². The Morgan fingerprint density at radius 3 is 2.70 bits per heavy atom. The van der Waals surface area contributed by atoms with Crippen molar-refractivity contribution in [3.05, 3.63) is 46.2 Å². The van der Waals surface area contributed by atoms with Crippen LogP contribution >= 0.6 is 15.9 Å². The van der Waals surface area contributed by atoms with Crippen molar-refractivity contribution >= 4 is 31.9 Å². The Kier molecular flexibility index (Phi) is 6.20. The van der Waals surface area contributed by atoms with Gasteiger partial charge in [0.2, 0.25) is 10.0 Å². The second-order valence-electron chi connectivity index (χ2n) is 5.81. The number of aromatic nitrogens is 1. The Bertz CT molecular complexity index is 921. The predicted octanol–water partition coefficient (Wildman–Crippen LogP) is 2.16. The molecule has 1 aromatic heterocycles. The number of aromatic amines is 1. The highest BCUT2D eigenvalue weighted by atomic mass is 79.9. The van der Waals surface area contributed by atoms with Crippen LogP contribution in [0.2, 0.25) is 0 Å². The molecule has 27 heavy (non-hydrogen) atoms. The number of morpholine rings is 1. The van der Waals surface area contributed by atoms with Crippen LogP contribution in [0.25, 0.3) is 0 Å². The molecule has 0 unspecified atom stereocenters. The number of carbonyl (C=O) groups is 1. The van der Waals surface area contributed by atoms with Crippen molar-refractivity contribution in [1.29, 1.82) is 0 Å². The Morgan fingerprint density at radius 1 is 1.30 bits per heavy atom. The minimum Gasteiger partial charge on any atom is -0.496 e. The normalized spacial score (nSPS) is 15.5. The van der Waals surface area contributed by atoms with Gasteiger partial charge in [-0.2, -0.15) is 4.31 Å². The van der Waals surface area contributed by atoms with Crippen molar-refractivity contribution in [2.45, 2.75) is 11.5 Å². The molecular weight excluding hydrogens is 440 g/mol. The number of benzene rings is 1. The molecule has 0 amide bonds. The largest absolute Gasteiger partial charge is 0.496 e. The Morgan fingerprint density at radius 2 is 2.04 bits per heavy atom. The summed E-state index contributed by atoms with van der Waals surface area (Å²) in [7, 11) is -2.10. The van der Waals surface area contributed by atoms with Gasteiger partial charge < -0.3 is 19.2 Å². The molecule has 0 radical (unpaired) electrons. The van der Waals surface area contributed by atoms with Gasteiger partial charge in [0.1, 0.15) is 22.9 Å². The summed E-state index contributed by atoms with van der Waals surface area (Å²) in [4.78, 5) is 14.9. The minimum absolute atomic E-state index is 0.0311. The van der Waals surface area contributed by atoms with E-state index in [-0.39, 0.29) is 17.2 Å². The second-order valence-corrected chi connectivity index (χ2v) is 8.60. The molecule has 146 valence electrons. The zero-order valence-corrected chi connectivity index (χ0v) is 17.0. The van der Waals surface area contributed by atoms with Crippen LogP contribution in [0.1, 0.15) is 16.1 Å². The quantitative estimate of drug-likeness (QED) is 0.665. The third kappa shape index (κ3) is 4.52. The smallest absolute Gasteiger partial charge is 0.355 e. The lowest BCUT2D eigenvalue weighted by Gasteiger charge is -2.25. The van der Waals surface area contributed by atoms with E-state index in [9.17, 15) is 13.2 Å². The average molecular weight is 459 g/mol. The SMILES string of the molecule is COc1ccc(COC(=O)c2cc(S(=O)(=O)N3CCOCC3)c[nH]2)cc1Br. The maximum Gasteiger partial charge on any atom is 0.355 e. The molecule has 2 heterocycles. The number of methoxy groups -OCH3 is 1. The summed E-state index contributed by atoms with van der Waals surface area (Å²) in [6.45, 7) is 1.34. The van der Waals surface area contributed by atoms with E-state index in [2.05, 4.69) is 20.9 Å². The van der Waals surface area contributed by atoms with Gasteiger partial charge in [-0.1, -0.05) is 6.07 Å². The van der Waals surface area contributed by atoms with E-state index in [1.165, 1.54) is 16.6 Å². The van der Waals surface area contributed by atoms with E-state index in [1.54, 1.807) is 25.3 Å². The molecule has 0 bridgehead atoms. The van der Waals surface area contributed by atoms with Crippen LogP contribution in [-0.4, -0.2) is 57.1 Å². The van der Waals surface area contributed by atoms with E-state index in [1.807, 2.05) is 0 Å². The number of nitrogens with one attached hydrogen (secondary N) is 1. The number of H-pyrrole nitrogens is 1. The monoisotopic (exact) mass is 458 g/mol. The van der Waals surface area contributed by atoms with Crippen LogP contribution in [0.3, 0.4) is 0 Å². The summed E-state index contributed by atoms with van der Waals surface area (Å²) >= 11 is 3.37. The molecule has 1 aromatic carbocycles. The minimum atomic E-state index is -3.66. The molecule has 0 spiro atoms. The summed E-state index contributed by atoms with van der Waals surface area (Å²) in [5.41, 5.74) is 0.846. The molecule has 1 aliphatic heterocycles. The van der Waals surface area contributed by atoms with Gasteiger partial charge in [-0.15, -0.1) is 0 Å².